The quantitative estimate of drug-likeness (QED) is 0.245. The van der Waals surface area contributed by atoms with E-state index in [0.29, 0.717) is 28.0 Å². The maximum absolute atomic E-state index is 14.6. The zero-order valence-corrected chi connectivity index (χ0v) is 20.2. The molecule has 0 spiro atoms. The van der Waals surface area contributed by atoms with Crippen LogP contribution in [-0.2, 0) is 6.18 Å². The zero-order chi connectivity index (χ0) is 27.2. The minimum atomic E-state index is -4.76. The third-order valence-corrected chi connectivity index (χ3v) is 6.22. The number of alkyl halides is 3. The number of imidazole rings is 1. The highest BCUT2D eigenvalue weighted by molar-refractivity contribution is 6.06. The van der Waals surface area contributed by atoms with Crippen LogP contribution >= 0.6 is 0 Å². The Bertz CT molecular complexity index is 1690. The number of rotatable bonds is 4. The summed E-state index contributed by atoms with van der Waals surface area (Å²) in [5.41, 5.74) is 1.33. The molecule has 0 unspecified atom stereocenters. The van der Waals surface area contributed by atoms with E-state index in [-0.39, 0.29) is 11.4 Å². The van der Waals surface area contributed by atoms with Gasteiger partial charge in [-0.3, -0.25) is 9.20 Å². The van der Waals surface area contributed by atoms with Gasteiger partial charge < -0.3 is 5.32 Å². The number of aromatic nitrogens is 2. The van der Waals surface area contributed by atoms with Gasteiger partial charge in [-0.05, 0) is 61.9 Å². The Labute approximate surface area is 214 Å². The molecule has 0 fully saturated rings. The van der Waals surface area contributed by atoms with Gasteiger partial charge in [0.25, 0.3) is 5.91 Å². The number of carbonyl (C=O) groups excluding carboxylic acids is 1. The highest BCUT2D eigenvalue weighted by atomic mass is 19.4. The molecule has 0 aliphatic rings. The normalized spacial score (nSPS) is 11.7. The number of aryl methyl sites for hydroxylation is 2. The summed E-state index contributed by atoms with van der Waals surface area (Å²) >= 11 is 0. The molecule has 1 N–H and O–H groups in total. The van der Waals surface area contributed by atoms with Crippen LogP contribution in [0.25, 0.3) is 28.0 Å². The number of benzene rings is 3. The van der Waals surface area contributed by atoms with Gasteiger partial charge in [-0.1, -0.05) is 35.9 Å². The van der Waals surface area contributed by atoms with Crippen molar-refractivity contribution in [1.82, 2.24) is 9.38 Å². The molecule has 0 saturated carbocycles. The molecule has 192 valence electrons. The maximum Gasteiger partial charge on any atom is 0.417 e. The molecule has 4 nitrogen and oxygen atoms in total. The lowest BCUT2D eigenvalue weighted by Gasteiger charge is -2.15. The Balaban J connectivity index is 1.65. The number of amides is 1. The first kappa shape index (κ1) is 25.1. The van der Waals surface area contributed by atoms with E-state index in [4.69, 9.17) is 0 Å². The molecule has 1 amide bonds. The Morgan fingerprint density at radius 3 is 2.32 bits per heavy atom. The monoisotopic (exact) mass is 521 g/mol. The van der Waals surface area contributed by atoms with E-state index < -0.39 is 34.8 Å². The molecular formula is C29H20F5N3O. The average molecular weight is 521 g/mol. The van der Waals surface area contributed by atoms with Crippen molar-refractivity contribution in [2.45, 2.75) is 20.0 Å². The van der Waals surface area contributed by atoms with E-state index in [9.17, 15) is 26.7 Å². The molecule has 38 heavy (non-hydrogen) atoms. The zero-order valence-electron chi connectivity index (χ0n) is 20.2. The number of anilines is 1. The van der Waals surface area contributed by atoms with Crippen LogP contribution in [0.3, 0.4) is 0 Å². The van der Waals surface area contributed by atoms with Crippen LogP contribution in [0.15, 0.2) is 79.0 Å². The summed E-state index contributed by atoms with van der Waals surface area (Å²) in [6, 6.07) is 17.0. The average Bonchev–Trinajstić information content (AvgIpc) is 3.22. The van der Waals surface area contributed by atoms with Crippen LogP contribution in [0.4, 0.5) is 27.6 Å². The van der Waals surface area contributed by atoms with Crippen molar-refractivity contribution in [3.05, 3.63) is 113 Å². The number of hydrogen-bond donors (Lipinski definition) is 1. The summed E-state index contributed by atoms with van der Waals surface area (Å²) in [4.78, 5) is 17.5. The van der Waals surface area contributed by atoms with Gasteiger partial charge >= 0.3 is 6.18 Å². The first-order valence-electron chi connectivity index (χ1n) is 11.6. The minimum absolute atomic E-state index is 0.0594. The molecule has 0 aliphatic carbocycles. The number of carbonyl (C=O) groups is 1. The van der Waals surface area contributed by atoms with Crippen molar-refractivity contribution >= 4 is 17.1 Å². The van der Waals surface area contributed by atoms with Gasteiger partial charge in [-0.15, -0.1) is 0 Å². The van der Waals surface area contributed by atoms with E-state index in [1.807, 2.05) is 6.92 Å². The molecule has 3 aromatic carbocycles. The van der Waals surface area contributed by atoms with Gasteiger partial charge in [0.1, 0.15) is 5.82 Å². The lowest BCUT2D eigenvalue weighted by Crippen LogP contribution is -2.19. The second-order valence-electron chi connectivity index (χ2n) is 8.84. The van der Waals surface area contributed by atoms with Crippen LogP contribution in [0, 0.1) is 25.5 Å². The van der Waals surface area contributed by atoms with Gasteiger partial charge in [0.2, 0.25) is 0 Å². The van der Waals surface area contributed by atoms with Crippen molar-refractivity contribution in [1.29, 1.82) is 0 Å². The van der Waals surface area contributed by atoms with Crippen molar-refractivity contribution in [3.8, 4) is 22.5 Å². The van der Waals surface area contributed by atoms with Crippen LogP contribution in [0.1, 0.15) is 27.2 Å². The lowest BCUT2D eigenvalue weighted by atomic mass is 9.97. The Morgan fingerprint density at radius 1 is 0.895 bits per heavy atom. The van der Waals surface area contributed by atoms with Crippen LogP contribution in [-0.4, -0.2) is 15.3 Å². The summed E-state index contributed by atoms with van der Waals surface area (Å²) in [6.45, 7) is 3.51. The van der Waals surface area contributed by atoms with Crippen molar-refractivity contribution in [2.75, 3.05) is 5.32 Å². The van der Waals surface area contributed by atoms with Crippen molar-refractivity contribution < 1.29 is 26.7 Å². The third-order valence-electron chi connectivity index (χ3n) is 6.22. The van der Waals surface area contributed by atoms with Crippen LogP contribution < -0.4 is 5.32 Å². The smallest absolute Gasteiger partial charge is 0.322 e. The standard InChI is InChI=1S/C29H20F5N3O/c1-16-8-11-19(12-9-16)36-28(38)22-15-18(10-13-23(22)29(32,33)34)20-6-4-14-37-26(20)17(2)35-27(37)21-5-3-7-24(30)25(21)31/h3-15H,1-2H3,(H,36,38). The molecule has 0 atom stereocenters. The molecular weight excluding hydrogens is 501 g/mol. The number of halogens is 5. The Morgan fingerprint density at radius 2 is 1.61 bits per heavy atom. The largest absolute Gasteiger partial charge is 0.417 e. The van der Waals surface area contributed by atoms with Gasteiger partial charge in [-0.2, -0.15) is 13.2 Å². The van der Waals surface area contributed by atoms with Crippen molar-refractivity contribution in [2.24, 2.45) is 0 Å². The Kier molecular flexibility index (Phi) is 6.22. The highest BCUT2D eigenvalue weighted by Crippen LogP contribution is 2.37. The predicted octanol–water partition coefficient (Wildman–Crippen LogP) is 7.83. The number of pyridine rings is 1. The molecule has 5 aromatic rings. The van der Waals surface area contributed by atoms with Gasteiger partial charge in [0.15, 0.2) is 11.6 Å². The van der Waals surface area contributed by atoms with E-state index in [2.05, 4.69) is 10.3 Å². The maximum atomic E-state index is 14.6. The van der Waals surface area contributed by atoms with Crippen LogP contribution in [0.5, 0.6) is 0 Å². The van der Waals surface area contributed by atoms with E-state index >= 15 is 0 Å². The fourth-order valence-electron chi connectivity index (χ4n) is 4.40. The minimum Gasteiger partial charge on any atom is -0.322 e. The lowest BCUT2D eigenvalue weighted by molar-refractivity contribution is -0.137. The van der Waals surface area contributed by atoms with Gasteiger partial charge in [-0.25, -0.2) is 13.8 Å². The van der Waals surface area contributed by atoms with Gasteiger partial charge in [0, 0.05) is 17.4 Å². The molecule has 0 bridgehead atoms. The molecule has 2 heterocycles. The summed E-state index contributed by atoms with van der Waals surface area (Å²) in [7, 11) is 0. The first-order chi connectivity index (χ1) is 18.0. The fourth-order valence-corrected chi connectivity index (χ4v) is 4.40. The second-order valence-corrected chi connectivity index (χ2v) is 8.84. The highest BCUT2D eigenvalue weighted by Gasteiger charge is 2.35. The molecule has 9 heteroatoms. The summed E-state index contributed by atoms with van der Waals surface area (Å²) in [5, 5.41) is 2.53. The fraction of sp³-hybridized carbons (Fsp3) is 0.103. The van der Waals surface area contributed by atoms with E-state index in [1.54, 1.807) is 53.9 Å². The molecule has 0 radical (unpaired) electrons. The molecule has 5 rings (SSSR count). The number of hydrogen-bond acceptors (Lipinski definition) is 2. The first-order valence-corrected chi connectivity index (χ1v) is 11.6. The van der Waals surface area contributed by atoms with Crippen LogP contribution in [0.2, 0.25) is 0 Å². The summed E-state index contributed by atoms with van der Waals surface area (Å²) in [5.74, 6) is -2.86. The summed E-state index contributed by atoms with van der Waals surface area (Å²) < 4.78 is 71.6. The summed E-state index contributed by atoms with van der Waals surface area (Å²) in [6.07, 6.45) is -3.16. The third kappa shape index (κ3) is 4.51. The topological polar surface area (TPSA) is 46.4 Å². The molecule has 0 aliphatic heterocycles. The van der Waals surface area contributed by atoms with Gasteiger partial charge in [0.05, 0.1) is 27.9 Å². The molecule has 2 aromatic heterocycles. The Hall–Kier alpha value is -4.53. The SMILES string of the molecule is Cc1ccc(NC(=O)c2cc(-c3cccn4c(-c5cccc(F)c5F)nc(C)c34)ccc2C(F)(F)F)cc1. The number of fused-ring (bicyclic) bond motifs is 1. The number of nitrogens with zero attached hydrogens (tertiary/aromatic N) is 2. The van der Waals surface area contributed by atoms with E-state index in [0.717, 1.165) is 17.7 Å². The van der Waals surface area contributed by atoms with E-state index in [1.165, 1.54) is 24.3 Å². The van der Waals surface area contributed by atoms with Crippen molar-refractivity contribution in [3.63, 3.8) is 0 Å². The molecule has 0 saturated heterocycles. The number of nitrogens with one attached hydrogen (secondary N) is 1. The second kappa shape index (κ2) is 9.41. The predicted molar refractivity (Wildman–Crippen MR) is 135 cm³/mol.